The van der Waals surface area contributed by atoms with E-state index in [1.807, 2.05) is 6.07 Å². The maximum absolute atomic E-state index is 8.96. The molecule has 1 aromatic carbocycles. The average Bonchev–Trinajstić information content (AvgIpc) is 3.06. The van der Waals surface area contributed by atoms with Crippen LogP contribution in [0.5, 0.6) is 0 Å². The molecule has 1 N–H and O–H groups in total. The summed E-state index contributed by atoms with van der Waals surface area (Å²) >= 11 is 12.5. The molecular weight excluding hydrogens is 373 g/mol. The molecular formula is C17H9Cl2N7. The normalized spacial score (nSPS) is 10.7. The smallest absolute Gasteiger partial charge is 0.145 e. The SMILES string of the molecule is N#Cc1cc(Nc2nccc3nn(-c4c(Cl)cccc4Cl)cc23)ncn1. The molecule has 3 heterocycles. The number of hydrogen-bond donors (Lipinski definition) is 1. The van der Waals surface area contributed by atoms with Crippen LogP contribution >= 0.6 is 23.2 Å². The number of rotatable bonds is 3. The first-order valence-corrected chi connectivity index (χ1v) is 8.19. The lowest BCUT2D eigenvalue weighted by Crippen LogP contribution is -1.98. The van der Waals surface area contributed by atoms with Crippen molar-refractivity contribution in [3.05, 3.63) is 64.8 Å². The Morgan fingerprint density at radius 3 is 2.65 bits per heavy atom. The van der Waals surface area contributed by atoms with E-state index in [9.17, 15) is 0 Å². The van der Waals surface area contributed by atoms with E-state index in [4.69, 9.17) is 28.5 Å². The van der Waals surface area contributed by atoms with Crippen LogP contribution in [0.4, 0.5) is 11.6 Å². The lowest BCUT2D eigenvalue weighted by atomic mass is 10.3. The number of fused-ring (bicyclic) bond motifs is 1. The quantitative estimate of drug-likeness (QED) is 0.573. The molecule has 0 unspecified atom stereocenters. The number of nitrogens with zero attached hydrogens (tertiary/aromatic N) is 6. The number of halogens is 2. The lowest BCUT2D eigenvalue weighted by Gasteiger charge is -2.06. The molecule has 126 valence electrons. The highest BCUT2D eigenvalue weighted by Crippen LogP contribution is 2.30. The molecule has 0 aliphatic heterocycles. The van der Waals surface area contributed by atoms with Crippen LogP contribution in [0, 0.1) is 11.3 Å². The monoisotopic (exact) mass is 381 g/mol. The van der Waals surface area contributed by atoms with Gasteiger partial charge in [0.2, 0.25) is 0 Å². The van der Waals surface area contributed by atoms with Crippen molar-refractivity contribution in [1.82, 2.24) is 24.7 Å². The first kappa shape index (κ1) is 16.3. The summed E-state index contributed by atoms with van der Waals surface area (Å²) < 4.78 is 1.61. The van der Waals surface area contributed by atoms with E-state index in [2.05, 4.69) is 25.4 Å². The van der Waals surface area contributed by atoms with E-state index >= 15 is 0 Å². The molecule has 0 spiro atoms. The minimum absolute atomic E-state index is 0.258. The maximum Gasteiger partial charge on any atom is 0.145 e. The second-order valence-corrected chi connectivity index (χ2v) is 6.08. The maximum atomic E-state index is 8.96. The van der Waals surface area contributed by atoms with Gasteiger partial charge in [-0.1, -0.05) is 29.3 Å². The molecule has 26 heavy (non-hydrogen) atoms. The molecule has 0 radical (unpaired) electrons. The van der Waals surface area contributed by atoms with Gasteiger partial charge in [0.1, 0.15) is 35.4 Å². The molecule has 0 aliphatic carbocycles. The Bertz CT molecular complexity index is 1140. The highest BCUT2D eigenvalue weighted by atomic mass is 35.5. The molecule has 0 bridgehead atoms. The van der Waals surface area contributed by atoms with Gasteiger partial charge in [-0.3, -0.25) is 0 Å². The highest BCUT2D eigenvalue weighted by Gasteiger charge is 2.13. The Balaban J connectivity index is 1.80. The number of para-hydroxylation sites is 1. The number of nitrogens with one attached hydrogen (secondary N) is 1. The van der Waals surface area contributed by atoms with Crippen LogP contribution in [0.1, 0.15) is 5.69 Å². The fourth-order valence-corrected chi connectivity index (χ4v) is 3.05. The number of aromatic nitrogens is 5. The fraction of sp³-hybridized carbons (Fsp3) is 0. The summed E-state index contributed by atoms with van der Waals surface area (Å²) in [5.41, 5.74) is 1.55. The summed E-state index contributed by atoms with van der Waals surface area (Å²) in [4.78, 5) is 12.3. The zero-order valence-electron chi connectivity index (χ0n) is 13.1. The topological polar surface area (TPSA) is 92.3 Å². The van der Waals surface area contributed by atoms with Crippen molar-refractivity contribution in [2.45, 2.75) is 0 Å². The Labute approximate surface area is 157 Å². The van der Waals surface area contributed by atoms with Gasteiger partial charge >= 0.3 is 0 Å². The van der Waals surface area contributed by atoms with Crippen LogP contribution in [0.3, 0.4) is 0 Å². The van der Waals surface area contributed by atoms with Gasteiger partial charge in [-0.05, 0) is 18.2 Å². The third kappa shape index (κ3) is 2.92. The van der Waals surface area contributed by atoms with Gasteiger partial charge in [-0.25, -0.2) is 19.6 Å². The van der Waals surface area contributed by atoms with Crippen LogP contribution < -0.4 is 5.32 Å². The Hall–Kier alpha value is -3.21. The third-order valence-electron chi connectivity index (χ3n) is 3.63. The highest BCUT2D eigenvalue weighted by molar-refractivity contribution is 6.37. The van der Waals surface area contributed by atoms with Gasteiger partial charge in [-0.2, -0.15) is 10.4 Å². The zero-order valence-corrected chi connectivity index (χ0v) is 14.6. The van der Waals surface area contributed by atoms with Gasteiger partial charge in [0.05, 0.1) is 20.9 Å². The molecule has 9 heteroatoms. The summed E-state index contributed by atoms with van der Waals surface area (Å²) in [6, 6.07) is 10.6. The van der Waals surface area contributed by atoms with Crippen LogP contribution in [-0.4, -0.2) is 24.7 Å². The van der Waals surface area contributed by atoms with E-state index in [-0.39, 0.29) is 5.69 Å². The first-order valence-electron chi connectivity index (χ1n) is 7.43. The molecule has 4 aromatic rings. The second kappa shape index (κ2) is 6.59. The summed E-state index contributed by atoms with van der Waals surface area (Å²) in [6.45, 7) is 0. The number of nitriles is 1. The zero-order chi connectivity index (χ0) is 18.1. The summed E-state index contributed by atoms with van der Waals surface area (Å²) in [5.74, 6) is 1.000. The summed E-state index contributed by atoms with van der Waals surface area (Å²) in [6.07, 6.45) is 4.72. The van der Waals surface area contributed by atoms with E-state index in [0.717, 1.165) is 5.39 Å². The van der Waals surface area contributed by atoms with Crippen molar-refractivity contribution in [3.8, 4) is 11.8 Å². The van der Waals surface area contributed by atoms with E-state index in [1.165, 1.54) is 12.4 Å². The number of anilines is 2. The predicted octanol–water partition coefficient (Wildman–Crippen LogP) is 4.13. The average molecular weight is 382 g/mol. The van der Waals surface area contributed by atoms with Gasteiger partial charge < -0.3 is 5.32 Å². The van der Waals surface area contributed by atoms with Gasteiger partial charge in [0.25, 0.3) is 0 Å². The van der Waals surface area contributed by atoms with Crippen LogP contribution in [0.15, 0.2) is 49.1 Å². The largest absolute Gasteiger partial charge is 0.324 e. The van der Waals surface area contributed by atoms with Gasteiger partial charge in [-0.15, -0.1) is 0 Å². The molecule has 0 amide bonds. The lowest BCUT2D eigenvalue weighted by molar-refractivity contribution is 0.897. The van der Waals surface area contributed by atoms with Crippen molar-refractivity contribution in [2.75, 3.05) is 5.32 Å². The molecule has 0 fully saturated rings. The minimum Gasteiger partial charge on any atom is -0.324 e. The predicted molar refractivity (Wildman–Crippen MR) is 98.9 cm³/mol. The number of pyridine rings is 1. The van der Waals surface area contributed by atoms with Crippen LogP contribution in [0.2, 0.25) is 10.0 Å². The van der Waals surface area contributed by atoms with Gasteiger partial charge in [0, 0.05) is 18.5 Å². The Morgan fingerprint density at radius 2 is 1.88 bits per heavy atom. The fourth-order valence-electron chi connectivity index (χ4n) is 2.47. The van der Waals surface area contributed by atoms with Crippen molar-refractivity contribution >= 4 is 45.7 Å². The minimum atomic E-state index is 0.258. The number of hydrogen-bond acceptors (Lipinski definition) is 6. The standard InChI is InChI=1S/C17H9Cl2N7/c18-12-2-1-3-13(19)16(12)26-8-11-14(25-26)4-5-21-17(11)24-15-6-10(7-20)22-9-23-15/h1-6,8-9H,(H,21,22,23,24). The molecule has 0 saturated carbocycles. The summed E-state index contributed by atoms with van der Waals surface area (Å²) in [5, 5.41) is 18.3. The second-order valence-electron chi connectivity index (χ2n) is 5.26. The molecule has 0 atom stereocenters. The van der Waals surface area contributed by atoms with Crippen molar-refractivity contribution in [2.24, 2.45) is 0 Å². The molecule has 7 nitrogen and oxygen atoms in total. The Kier molecular flexibility index (Phi) is 4.13. The van der Waals surface area contributed by atoms with Crippen molar-refractivity contribution in [1.29, 1.82) is 5.26 Å². The Morgan fingerprint density at radius 1 is 1.08 bits per heavy atom. The third-order valence-corrected chi connectivity index (χ3v) is 4.24. The van der Waals surface area contributed by atoms with Crippen molar-refractivity contribution in [3.63, 3.8) is 0 Å². The van der Waals surface area contributed by atoms with Crippen molar-refractivity contribution < 1.29 is 0 Å². The van der Waals surface area contributed by atoms with Crippen LogP contribution in [0.25, 0.3) is 16.6 Å². The van der Waals surface area contributed by atoms with E-state index in [1.54, 1.807) is 41.3 Å². The van der Waals surface area contributed by atoms with E-state index in [0.29, 0.717) is 32.9 Å². The first-order chi connectivity index (χ1) is 12.7. The molecule has 3 aromatic heterocycles. The van der Waals surface area contributed by atoms with Crippen LogP contribution in [-0.2, 0) is 0 Å². The van der Waals surface area contributed by atoms with Gasteiger partial charge in [0.15, 0.2) is 0 Å². The molecule has 0 saturated heterocycles. The molecule has 0 aliphatic rings. The molecule has 4 rings (SSSR count). The number of benzene rings is 1. The van der Waals surface area contributed by atoms with E-state index < -0.39 is 0 Å². The summed E-state index contributed by atoms with van der Waals surface area (Å²) in [7, 11) is 0.